The van der Waals surface area contributed by atoms with Crippen LogP contribution < -0.4 is 10.7 Å². The highest BCUT2D eigenvalue weighted by molar-refractivity contribution is 5.93. The number of benzene rings is 2. The summed E-state index contributed by atoms with van der Waals surface area (Å²) in [4.78, 5) is 32.6. The van der Waals surface area contributed by atoms with E-state index in [1.165, 1.54) is 6.07 Å². The summed E-state index contributed by atoms with van der Waals surface area (Å²) in [5.74, 6) is 0.298. The second kappa shape index (κ2) is 7.52. The topological polar surface area (TPSA) is 88.0 Å². The lowest BCUT2D eigenvalue weighted by Gasteiger charge is -2.18. The molecule has 28 heavy (non-hydrogen) atoms. The molecule has 0 spiro atoms. The molecule has 0 radical (unpaired) electrons. The largest absolute Gasteiger partial charge is 0.451 e. The molecule has 1 unspecified atom stereocenters. The zero-order valence-corrected chi connectivity index (χ0v) is 15.3. The number of carbonyl (C=O) groups excluding carboxylic acids is 1. The van der Waals surface area contributed by atoms with Gasteiger partial charge in [-0.3, -0.25) is 9.59 Å². The van der Waals surface area contributed by atoms with Crippen molar-refractivity contribution in [3.05, 3.63) is 99.9 Å². The van der Waals surface area contributed by atoms with Gasteiger partial charge < -0.3 is 14.7 Å². The van der Waals surface area contributed by atoms with Gasteiger partial charge in [-0.1, -0.05) is 42.0 Å². The average molecular weight is 373 g/mol. The Balaban J connectivity index is 1.65. The SMILES string of the molecule is Cc1ccc2oc(C(=O)NC(Cc3ncc[nH]3)c3ccccc3)cc(=O)c2c1. The van der Waals surface area contributed by atoms with E-state index in [4.69, 9.17) is 4.42 Å². The third-order valence-corrected chi connectivity index (χ3v) is 4.57. The van der Waals surface area contributed by atoms with Crippen LogP contribution in [0.2, 0.25) is 0 Å². The van der Waals surface area contributed by atoms with Crippen LogP contribution in [-0.2, 0) is 6.42 Å². The molecule has 2 N–H and O–H groups in total. The lowest BCUT2D eigenvalue weighted by atomic mass is 10.0. The quantitative estimate of drug-likeness (QED) is 0.560. The Bertz CT molecular complexity index is 1160. The van der Waals surface area contributed by atoms with Crippen LogP contribution >= 0.6 is 0 Å². The van der Waals surface area contributed by atoms with Gasteiger partial charge in [0.05, 0.1) is 11.4 Å². The zero-order valence-electron chi connectivity index (χ0n) is 15.3. The normalized spacial score (nSPS) is 12.0. The van der Waals surface area contributed by atoms with E-state index in [1.54, 1.807) is 24.5 Å². The molecule has 4 rings (SSSR count). The number of nitrogens with one attached hydrogen (secondary N) is 2. The van der Waals surface area contributed by atoms with Crippen molar-refractivity contribution in [2.45, 2.75) is 19.4 Å². The molecule has 6 heteroatoms. The summed E-state index contributed by atoms with van der Waals surface area (Å²) < 4.78 is 5.70. The number of H-pyrrole nitrogens is 1. The second-order valence-electron chi connectivity index (χ2n) is 6.65. The molecule has 0 saturated heterocycles. The number of aryl methyl sites for hydroxylation is 1. The second-order valence-corrected chi connectivity index (χ2v) is 6.65. The first-order chi connectivity index (χ1) is 13.6. The lowest BCUT2D eigenvalue weighted by Crippen LogP contribution is -2.30. The van der Waals surface area contributed by atoms with Crippen LogP contribution in [0.15, 0.2) is 76.2 Å². The van der Waals surface area contributed by atoms with E-state index in [1.807, 2.05) is 43.3 Å². The minimum atomic E-state index is -0.444. The van der Waals surface area contributed by atoms with E-state index in [0.717, 1.165) is 17.0 Å². The van der Waals surface area contributed by atoms with Crippen LogP contribution in [0.25, 0.3) is 11.0 Å². The Morgan fingerprint density at radius 2 is 2.00 bits per heavy atom. The van der Waals surface area contributed by atoms with Crippen molar-refractivity contribution >= 4 is 16.9 Å². The third-order valence-electron chi connectivity index (χ3n) is 4.57. The van der Waals surface area contributed by atoms with Gasteiger partial charge in [0.1, 0.15) is 11.4 Å². The van der Waals surface area contributed by atoms with Gasteiger partial charge in [-0.2, -0.15) is 0 Å². The summed E-state index contributed by atoms with van der Waals surface area (Å²) in [6, 6.07) is 15.8. The summed E-state index contributed by atoms with van der Waals surface area (Å²) in [5, 5.41) is 3.42. The number of hydrogen-bond acceptors (Lipinski definition) is 4. The fourth-order valence-electron chi connectivity index (χ4n) is 3.15. The van der Waals surface area contributed by atoms with Gasteiger partial charge in [-0.25, -0.2) is 4.98 Å². The Kier molecular flexibility index (Phi) is 4.76. The fourth-order valence-corrected chi connectivity index (χ4v) is 3.15. The standard InChI is InChI=1S/C22H19N3O3/c1-14-7-8-19-16(11-14)18(26)13-20(28-19)22(27)25-17(12-21-23-9-10-24-21)15-5-3-2-4-6-15/h2-11,13,17H,12H2,1H3,(H,23,24)(H,25,27). The number of aromatic nitrogens is 2. The predicted octanol–water partition coefficient (Wildman–Crippen LogP) is 3.54. The minimum absolute atomic E-state index is 0.0123. The highest BCUT2D eigenvalue weighted by atomic mass is 16.3. The van der Waals surface area contributed by atoms with E-state index in [-0.39, 0.29) is 17.2 Å². The molecule has 0 aliphatic rings. The highest BCUT2D eigenvalue weighted by Crippen LogP contribution is 2.19. The predicted molar refractivity (Wildman–Crippen MR) is 106 cm³/mol. The first-order valence-electron chi connectivity index (χ1n) is 8.99. The fraction of sp³-hybridized carbons (Fsp3) is 0.136. The van der Waals surface area contributed by atoms with Crippen LogP contribution in [0.5, 0.6) is 0 Å². The number of imidazole rings is 1. The summed E-state index contributed by atoms with van der Waals surface area (Å²) in [6.45, 7) is 1.90. The molecule has 1 amide bonds. The average Bonchev–Trinajstić information content (AvgIpc) is 3.21. The summed E-state index contributed by atoms with van der Waals surface area (Å²) in [6.07, 6.45) is 3.90. The van der Waals surface area contributed by atoms with Gasteiger partial charge in [-0.05, 0) is 24.6 Å². The van der Waals surface area contributed by atoms with E-state index >= 15 is 0 Å². The molecule has 0 fully saturated rings. The van der Waals surface area contributed by atoms with E-state index in [0.29, 0.717) is 17.4 Å². The smallest absolute Gasteiger partial charge is 0.287 e. The molecular weight excluding hydrogens is 354 g/mol. The van der Waals surface area contributed by atoms with Crippen molar-refractivity contribution in [1.29, 1.82) is 0 Å². The minimum Gasteiger partial charge on any atom is -0.451 e. The lowest BCUT2D eigenvalue weighted by molar-refractivity contribution is 0.0908. The Morgan fingerprint density at radius 3 is 2.75 bits per heavy atom. The number of fused-ring (bicyclic) bond motifs is 1. The number of carbonyl (C=O) groups is 1. The van der Waals surface area contributed by atoms with Gasteiger partial charge >= 0.3 is 0 Å². The molecule has 0 bridgehead atoms. The molecular formula is C22H19N3O3. The van der Waals surface area contributed by atoms with Crippen molar-refractivity contribution in [1.82, 2.24) is 15.3 Å². The third kappa shape index (κ3) is 3.71. The molecule has 2 aromatic carbocycles. The first kappa shape index (κ1) is 17.7. The highest BCUT2D eigenvalue weighted by Gasteiger charge is 2.20. The molecule has 0 aliphatic carbocycles. The van der Waals surface area contributed by atoms with Crippen LogP contribution in [0.3, 0.4) is 0 Å². The molecule has 2 heterocycles. The summed E-state index contributed by atoms with van der Waals surface area (Å²) >= 11 is 0. The number of nitrogens with zero attached hydrogens (tertiary/aromatic N) is 1. The van der Waals surface area contributed by atoms with E-state index < -0.39 is 5.91 Å². The van der Waals surface area contributed by atoms with E-state index in [9.17, 15) is 9.59 Å². The number of aromatic amines is 1. The Labute approximate surface area is 161 Å². The molecule has 0 aliphatic heterocycles. The van der Waals surface area contributed by atoms with Crippen LogP contribution in [0.4, 0.5) is 0 Å². The van der Waals surface area contributed by atoms with Crippen molar-refractivity contribution in [2.75, 3.05) is 0 Å². The molecule has 0 saturated carbocycles. The van der Waals surface area contributed by atoms with Crippen molar-refractivity contribution in [3.8, 4) is 0 Å². The van der Waals surface area contributed by atoms with Gasteiger partial charge in [0.25, 0.3) is 5.91 Å². The molecule has 4 aromatic rings. The van der Waals surface area contributed by atoms with Gasteiger partial charge in [0, 0.05) is 24.9 Å². The molecule has 1 atom stereocenters. The van der Waals surface area contributed by atoms with Crippen LogP contribution in [0, 0.1) is 6.92 Å². The zero-order chi connectivity index (χ0) is 19.5. The maximum Gasteiger partial charge on any atom is 0.287 e. The van der Waals surface area contributed by atoms with Crippen molar-refractivity contribution in [2.24, 2.45) is 0 Å². The van der Waals surface area contributed by atoms with Crippen molar-refractivity contribution in [3.63, 3.8) is 0 Å². The number of rotatable bonds is 5. The van der Waals surface area contributed by atoms with Crippen molar-refractivity contribution < 1.29 is 9.21 Å². The summed E-state index contributed by atoms with van der Waals surface area (Å²) in [5.41, 5.74) is 2.05. The number of hydrogen-bond donors (Lipinski definition) is 2. The number of amides is 1. The van der Waals surface area contributed by atoms with Gasteiger partial charge in [0.2, 0.25) is 0 Å². The molecule has 140 valence electrons. The molecule has 6 nitrogen and oxygen atoms in total. The summed E-state index contributed by atoms with van der Waals surface area (Å²) in [7, 11) is 0. The Morgan fingerprint density at radius 1 is 1.18 bits per heavy atom. The maximum absolute atomic E-state index is 12.8. The van der Waals surface area contributed by atoms with Gasteiger partial charge in [-0.15, -0.1) is 0 Å². The van der Waals surface area contributed by atoms with Crippen LogP contribution in [-0.4, -0.2) is 15.9 Å². The maximum atomic E-state index is 12.8. The molecule has 2 aromatic heterocycles. The van der Waals surface area contributed by atoms with Crippen LogP contribution in [0.1, 0.15) is 33.5 Å². The van der Waals surface area contributed by atoms with E-state index in [2.05, 4.69) is 15.3 Å². The monoisotopic (exact) mass is 373 g/mol. The first-order valence-corrected chi connectivity index (χ1v) is 8.99. The Hall–Kier alpha value is -3.67. The van der Waals surface area contributed by atoms with Gasteiger partial charge in [0.15, 0.2) is 11.2 Å².